The highest BCUT2D eigenvalue weighted by Gasteiger charge is 2.14. The number of pyridine rings is 2. The van der Waals surface area contributed by atoms with Gasteiger partial charge in [0.1, 0.15) is 17.3 Å². The van der Waals surface area contributed by atoms with Gasteiger partial charge in [0, 0.05) is 19.3 Å². The van der Waals surface area contributed by atoms with Crippen molar-refractivity contribution >= 4 is 17.5 Å². The van der Waals surface area contributed by atoms with Crippen LogP contribution in [0.2, 0.25) is 0 Å². The van der Waals surface area contributed by atoms with E-state index in [1.54, 1.807) is 18.3 Å². The summed E-state index contributed by atoms with van der Waals surface area (Å²) in [5, 5.41) is 2.76. The molecule has 0 saturated carbocycles. The molecule has 5 heteroatoms. The Morgan fingerprint density at radius 3 is 2.67 bits per heavy atom. The Morgan fingerprint density at radius 1 is 1.05 bits per heavy atom. The summed E-state index contributed by atoms with van der Waals surface area (Å²) in [4.78, 5) is 23.0. The minimum Gasteiger partial charge on any atom is -0.357 e. The number of hydrogen-bond acceptors (Lipinski definition) is 4. The van der Waals surface area contributed by atoms with Crippen molar-refractivity contribution in [1.82, 2.24) is 9.97 Å². The monoisotopic (exact) mass is 282 g/mol. The van der Waals surface area contributed by atoms with Crippen LogP contribution in [0.3, 0.4) is 0 Å². The zero-order valence-electron chi connectivity index (χ0n) is 11.8. The summed E-state index contributed by atoms with van der Waals surface area (Å²) in [7, 11) is 0. The number of nitrogens with zero attached hydrogens (tertiary/aromatic N) is 3. The molecule has 1 amide bonds. The molecule has 2 aromatic heterocycles. The fourth-order valence-corrected chi connectivity index (χ4v) is 2.47. The Kier molecular flexibility index (Phi) is 4.09. The topological polar surface area (TPSA) is 58.1 Å². The lowest BCUT2D eigenvalue weighted by molar-refractivity contribution is 0.102. The van der Waals surface area contributed by atoms with Gasteiger partial charge in [0.15, 0.2) is 0 Å². The fraction of sp³-hybridized carbons (Fsp3) is 0.312. The second-order valence-corrected chi connectivity index (χ2v) is 5.10. The molecule has 1 saturated heterocycles. The Labute approximate surface area is 124 Å². The third-order valence-corrected chi connectivity index (χ3v) is 3.55. The Bertz CT molecular complexity index is 609. The lowest BCUT2D eigenvalue weighted by Crippen LogP contribution is -2.30. The summed E-state index contributed by atoms with van der Waals surface area (Å²) in [6.45, 7) is 2.02. The first-order valence-electron chi connectivity index (χ1n) is 7.27. The molecule has 1 fully saturated rings. The zero-order valence-corrected chi connectivity index (χ0v) is 11.8. The van der Waals surface area contributed by atoms with Crippen molar-refractivity contribution in [2.75, 3.05) is 23.3 Å². The van der Waals surface area contributed by atoms with Crippen LogP contribution in [0.4, 0.5) is 11.6 Å². The highest BCUT2D eigenvalue weighted by Crippen LogP contribution is 2.18. The number of piperidine rings is 1. The minimum absolute atomic E-state index is 0.229. The largest absolute Gasteiger partial charge is 0.357 e. The molecule has 108 valence electrons. The third-order valence-electron chi connectivity index (χ3n) is 3.55. The van der Waals surface area contributed by atoms with Crippen molar-refractivity contribution < 1.29 is 4.79 Å². The maximum Gasteiger partial charge on any atom is 0.275 e. The van der Waals surface area contributed by atoms with E-state index in [1.165, 1.54) is 19.3 Å². The average Bonchev–Trinajstić information content (AvgIpc) is 2.57. The molecule has 1 aliphatic heterocycles. The predicted octanol–water partition coefficient (Wildman–Crippen LogP) is 2.72. The van der Waals surface area contributed by atoms with Crippen LogP contribution in [-0.2, 0) is 0 Å². The number of rotatable bonds is 3. The fourth-order valence-electron chi connectivity index (χ4n) is 2.47. The molecule has 0 aromatic carbocycles. The number of amides is 1. The van der Waals surface area contributed by atoms with Gasteiger partial charge in [-0.1, -0.05) is 12.1 Å². The Balaban J connectivity index is 1.74. The van der Waals surface area contributed by atoms with E-state index in [1.807, 2.05) is 24.3 Å². The first kappa shape index (κ1) is 13.5. The molecule has 0 aliphatic carbocycles. The molecular formula is C16H18N4O. The molecule has 0 radical (unpaired) electrons. The highest BCUT2D eigenvalue weighted by atomic mass is 16.1. The number of anilines is 2. The molecule has 0 spiro atoms. The van der Waals surface area contributed by atoms with E-state index in [4.69, 9.17) is 0 Å². The van der Waals surface area contributed by atoms with Crippen LogP contribution in [0.5, 0.6) is 0 Å². The number of carbonyl (C=O) groups excluding carboxylic acids is 1. The lowest BCUT2D eigenvalue weighted by atomic mass is 10.1. The Morgan fingerprint density at radius 2 is 1.90 bits per heavy atom. The predicted molar refractivity (Wildman–Crippen MR) is 82.5 cm³/mol. The van der Waals surface area contributed by atoms with E-state index in [-0.39, 0.29) is 5.91 Å². The number of nitrogens with one attached hydrogen (secondary N) is 1. The molecule has 1 aliphatic rings. The molecular weight excluding hydrogens is 264 g/mol. The number of aromatic nitrogens is 2. The van der Waals surface area contributed by atoms with Gasteiger partial charge in [-0.05, 0) is 43.5 Å². The molecule has 0 unspecified atom stereocenters. The summed E-state index contributed by atoms with van der Waals surface area (Å²) in [5.74, 6) is 1.18. The second kappa shape index (κ2) is 6.35. The van der Waals surface area contributed by atoms with Gasteiger partial charge in [-0.25, -0.2) is 9.97 Å². The normalized spacial score (nSPS) is 14.8. The van der Waals surface area contributed by atoms with Crippen LogP contribution in [0, 0.1) is 0 Å². The van der Waals surface area contributed by atoms with Crippen molar-refractivity contribution in [3.05, 3.63) is 48.3 Å². The van der Waals surface area contributed by atoms with E-state index in [0.717, 1.165) is 18.9 Å². The van der Waals surface area contributed by atoms with Gasteiger partial charge in [-0.15, -0.1) is 0 Å². The SMILES string of the molecule is O=C(Nc1ccccn1)c1cccc(N2CCCCC2)n1. The maximum absolute atomic E-state index is 12.2. The van der Waals surface area contributed by atoms with Crippen LogP contribution in [-0.4, -0.2) is 29.0 Å². The van der Waals surface area contributed by atoms with Gasteiger partial charge in [-0.2, -0.15) is 0 Å². The minimum atomic E-state index is -0.229. The second-order valence-electron chi connectivity index (χ2n) is 5.10. The lowest BCUT2D eigenvalue weighted by Gasteiger charge is -2.27. The summed E-state index contributed by atoms with van der Waals surface area (Å²) in [5.41, 5.74) is 0.420. The first-order valence-corrected chi connectivity index (χ1v) is 7.27. The van der Waals surface area contributed by atoms with E-state index in [0.29, 0.717) is 11.5 Å². The van der Waals surface area contributed by atoms with Gasteiger partial charge >= 0.3 is 0 Å². The van der Waals surface area contributed by atoms with Gasteiger partial charge in [0.25, 0.3) is 5.91 Å². The van der Waals surface area contributed by atoms with Crippen molar-refractivity contribution in [1.29, 1.82) is 0 Å². The molecule has 0 bridgehead atoms. The molecule has 2 aromatic rings. The van der Waals surface area contributed by atoms with Gasteiger partial charge in [0.05, 0.1) is 0 Å². The quantitative estimate of drug-likeness (QED) is 0.940. The van der Waals surface area contributed by atoms with E-state index in [2.05, 4.69) is 20.2 Å². The smallest absolute Gasteiger partial charge is 0.275 e. The first-order chi connectivity index (χ1) is 10.3. The van der Waals surface area contributed by atoms with Gasteiger partial charge < -0.3 is 10.2 Å². The summed E-state index contributed by atoms with van der Waals surface area (Å²) in [6.07, 6.45) is 5.29. The van der Waals surface area contributed by atoms with Crippen LogP contribution in [0.1, 0.15) is 29.8 Å². The van der Waals surface area contributed by atoms with Crippen molar-refractivity contribution in [2.24, 2.45) is 0 Å². The average molecular weight is 282 g/mol. The van der Waals surface area contributed by atoms with E-state index < -0.39 is 0 Å². The number of carbonyl (C=O) groups is 1. The standard InChI is InChI=1S/C16H18N4O/c21-16(19-14-8-2-3-10-17-14)13-7-6-9-15(18-13)20-11-4-1-5-12-20/h2-3,6-10H,1,4-5,11-12H2,(H,17,19,21). The van der Waals surface area contributed by atoms with Crippen LogP contribution in [0.25, 0.3) is 0 Å². The molecule has 1 N–H and O–H groups in total. The van der Waals surface area contributed by atoms with Gasteiger partial charge in [0.2, 0.25) is 0 Å². The van der Waals surface area contributed by atoms with Crippen molar-refractivity contribution in [3.8, 4) is 0 Å². The Hall–Kier alpha value is -2.43. The summed E-state index contributed by atoms with van der Waals surface area (Å²) >= 11 is 0. The molecule has 21 heavy (non-hydrogen) atoms. The molecule has 3 rings (SSSR count). The van der Waals surface area contributed by atoms with Crippen LogP contribution in [0.15, 0.2) is 42.6 Å². The zero-order chi connectivity index (χ0) is 14.5. The highest BCUT2D eigenvalue weighted by molar-refractivity contribution is 6.02. The van der Waals surface area contributed by atoms with E-state index in [9.17, 15) is 4.79 Å². The molecule has 5 nitrogen and oxygen atoms in total. The van der Waals surface area contributed by atoms with Crippen LogP contribution < -0.4 is 10.2 Å². The maximum atomic E-state index is 12.2. The summed E-state index contributed by atoms with van der Waals surface area (Å²) < 4.78 is 0. The van der Waals surface area contributed by atoms with Crippen LogP contribution >= 0.6 is 0 Å². The van der Waals surface area contributed by atoms with Crippen molar-refractivity contribution in [3.63, 3.8) is 0 Å². The summed E-state index contributed by atoms with van der Waals surface area (Å²) in [6, 6.07) is 11.0. The van der Waals surface area contributed by atoms with Crippen molar-refractivity contribution in [2.45, 2.75) is 19.3 Å². The molecule has 0 atom stereocenters. The van der Waals surface area contributed by atoms with Gasteiger partial charge in [-0.3, -0.25) is 4.79 Å². The number of hydrogen-bond donors (Lipinski definition) is 1. The van der Waals surface area contributed by atoms with E-state index >= 15 is 0 Å². The third kappa shape index (κ3) is 3.37. The molecule has 3 heterocycles.